The second-order valence-electron chi connectivity index (χ2n) is 7.61. The van der Waals surface area contributed by atoms with Crippen molar-refractivity contribution in [3.63, 3.8) is 0 Å². The molecule has 0 aliphatic rings. The number of nitrogens with zero attached hydrogens (tertiary/aromatic N) is 2. The van der Waals surface area contributed by atoms with Gasteiger partial charge in [0.1, 0.15) is 0 Å². The van der Waals surface area contributed by atoms with Crippen LogP contribution in [0.3, 0.4) is 0 Å². The smallest absolute Gasteiger partial charge is 0.231 e. The Balaban J connectivity index is 1.54. The van der Waals surface area contributed by atoms with Gasteiger partial charge in [0, 0.05) is 30.2 Å². The second-order valence-corrected chi connectivity index (χ2v) is 7.61. The summed E-state index contributed by atoms with van der Waals surface area (Å²) in [4.78, 5) is 16.9. The first-order valence-electron chi connectivity index (χ1n) is 10.9. The van der Waals surface area contributed by atoms with E-state index < -0.39 is 0 Å². The van der Waals surface area contributed by atoms with E-state index in [1.165, 1.54) is 0 Å². The molecule has 1 heterocycles. The number of rotatable bonds is 12. The van der Waals surface area contributed by atoms with Gasteiger partial charge in [-0.1, -0.05) is 60.6 Å². The number of anilines is 1. The SMILES string of the molecule is COCCOCCN=C(N)Nc1cc(C(C)Cc2cccc(C(=O)c3ccccc3)c2)no1. The summed E-state index contributed by atoms with van der Waals surface area (Å²) in [5.74, 6) is 0.745. The number of aromatic nitrogens is 1. The number of nitrogens with one attached hydrogen (secondary N) is 1. The summed E-state index contributed by atoms with van der Waals surface area (Å²) < 4.78 is 15.6. The molecule has 2 aromatic carbocycles. The van der Waals surface area contributed by atoms with Crippen molar-refractivity contribution in [3.8, 4) is 0 Å². The zero-order valence-electron chi connectivity index (χ0n) is 19.0. The normalized spacial score (nSPS) is 12.5. The van der Waals surface area contributed by atoms with Crippen molar-refractivity contribution in [3.05, 3.63) is 83.0 Å². The van der Waals surface area contributed by atoms with Crippen molar-refractivity contribution in [2.45, 2.75) is 19.3 Å². The average Bonchev–Trinajstić information content (AvgIpc) is 3.30. The van der Waals surface area contributed by atoms with E-state index >= 15 is 0 Å². The van der Waals surface area contributed by atoms with Crippen LogP contribution in [0.2, 0.25) is 0 Å². The van der Waals surface area contributed by atoms with E-state index in [4.69, 9.17) is 19.7 Å². The summed E-state index contributed by atoms with van der Waals surface area (Å²) in [6.45, 7) is 4.01. The van der Waals surface area contributed by atoms with E-state index in [0.29, 0.717) is 49.8 Å². The summed E-state index contributed by atoms with van der Waals surface area (Å²) in [6, 6.07) is 18.8. The zero-order valence-corrected chi connectivity index (χ0v) is 19.0. The molecular formula is C25H30N4O4. The topological polar surface area (TPSA) is 112 Å². The highest BCUT2D eigenvalue weighted by Crippen LogP contribution is 2.23. The van der Waals surface area contributed by atoms with Gasteiger partial charge in [-0.05, 0) is 18.1 Å². The van der Waals surface area contributed by atoms with Crippen molar-refractivity contribution in [1.29, 1.82) is 0 Å². The molecule has 3 aromatic rings. The van der Waals surface area contributed by atoms with E-state index in [1.54, 1.807) is 13.2 Å². The Kier molecular flexibility index (Phi) is 9.17. The predicted octanol–water partition coefficient (Wildman–Crippen LogP) is 3.64. The van der Waals surface area contributed by atoms with Crippen LogP contribution in [0.5, 0.6) is 0 Å². The fourth-order valence-electron chi connectivity index (χ4n) is 3.27. The van der Waals surface area contributed by atoms with Crippen molar-refractivity contribution < 1.29 is 18.8 Å². The molecule has 8 heteroatoms. The molecule has 1 unspecified atom stereocenters. The number of hydrogen-bond donors (Lipinski definition) is 2. The second kappa shape index (κ2) is 12.5. The van der Waals surface area contributed by atoms with Gasteiger partial charge in [-0.2, -0.15) is 0 Å². The number of carbonyl (C=O) groups excluding carboxylic acids is 1. The van der Waals surface area contributed by atoms with Gasteiger partial charge < -0.3 is 19.7 Å². The molecule has 33 heavy (non-hydrogen) atoms. The highest BCUT2D eigenvalue weighted by molar-refractivity contribution is 6.09. The molecule has 0 bridgehead atoms. The van der Waals surface area contributed by atoms with Crippen LogP contribution >= 0.6 is 0 Å². The minimum Gasteiger partial charge on any atom is -0.382 e. The van der Waals surface area contributed by atoms with Crippen molar-refractivity contribution >= 4 is 17.6 Å². The van der Waals surface area contributed by atoms with Gasteiger partial charge in [0.2, 0.25) is 5.88 Å². The lowest BCUT2D eigenvalue weighted by molar-refractivity contribution is 0.0748. The fraction of sp³-hybridized carbons (Fsp3) is 0.320. The summed E-state index contributed by atoms with van der Waals surface area (Å²) in [6.07, 6.45) is 0.713. The minimum absolute atomic E-state index is 0.0110. The fourth-order valence-corrected chi connectivity index (χ4v) is 3.27. The van der Waals surface area contributed by atoms with Crippen molar-refractivity contribution in [1.82, 2.24) is 5.16 Å². The van der Waals surface area contributed by atoms with Crippen LogP contribution in [-0.4, -0.2) is 50.4 Å². The van der Waals surface area contributed by atoms with Crippen LogP contribution in [0.4, 0.5) is 5.88 Å². The number of benzene rings is 2. The number of guanidine groups is 1. The van der Waals surface area contributed by atoms with Crippen molar-refractivity contribution in [2.24, 2.45) is 10.7 Å². The number of nitrogens with two attached hydrogens (primary N) is 1. The summed E-state index contributed by atoms with van der Waals surface area (Å²) in [5, 5.41) is 7.05. The molecule has 0 aliphatic carbocycles. The Labute approximate surface area is 193 Å². The highest BCUT2D eigenvalue weighted by Gasteiger charge is 2.15. The third kappa shape index (κ3) is 7.55. The van der Waals surface area contributed by atoms with Crippen molar-refractivity contribution in [2.75, 3.05) is 38.8 Å². The Morgan fingerprint density at radius 1 is 1.09 bits per heavy atom. The quantitative estimate of drug-likeness (QED) is 0.187. The third-order valence-corrected chi connectivity index (χ3v) is 5.00. The van der Waals surface area contributed by atoms with Crippen LogP contribution in [0.1, 0.15) is 40.0 Å². The molecule has 1 aromatic heterocycles. The lowest BCUT2D eigenvalue weighted by Crippen LogP contribution is -2.23. The van der Waals surface area contributed by atoms with Crippen LogP contribution in [0.15, 0.2) is 70.2 Å². The van der Waals surface area contributed by atoms with Gasteiger partial charge >= 0.3 is 0 Å². The first kappa shape index (κ1) is 24.2. The molecule has 0 amide bonds. The van der Waals surface area contributed by atoms with Crippen LogP contribution in [-0.2, 0) is 15.9 Å². The number of carbonyl (C=O) groups is 1. The maximum Gasteiger partial charge on any atom is 0.231 e. The number of ketones is 1. The van der Waals surface area contributed by atoms with Crippen LogP contribution in [0, 0.1) is 0 Å². The standard InChI is InChI=1S/C25H30N4O4/c1-18(15-19-7-6-10-21(16-19)24(30)20-8-4-3-5-9-20)22-17-23(33-29-22)28-25(26)27-11-12-32-14-13-31-2/h3-10,16-18H,11-15H2,1-2H3,(H3,26,27,28). The number of aliphatic imine (C=N–C) groups is 1. The summed E-state index contributed by atoms with van der Waals surface area (Å²) in [5.41, 5.74) is 9.07. The molecule has 174 valence electrons. The first-order chi connectivity index (χ1) is 16.1. The van der Waals surface area contributed by atoms with Crippen LogP contribution in [0.25, 0.3) is 0 Å². The Morgan fingerprint density at radius 2 is 1.88 bits per heavy atom. The molecule has 0 aliphatic heterocycles. The first-order valence-corrected chi connectivity index (χ1v) is 10.9. The molecule has 0 saturated carbocycles. The van der Waals surface area contributed by atoms with E-state index in [2.05, 4.69) is 22.4 Å². The van der Waals surface area contributed by atoms with Gasteiger partial charge in [0.25, 0.3) is 0 Å². The largest absolute Gasteiger partial charge is 0.382 e. The zero-order chi connectivity index (χ0) is 23.5. The predicted molar refractivity (Wildman–Crippen MR) is 128 cm³/mol. The summed E-state index contributed by atoms with van der Waals surface area (Å²) in [7, 11) is 1.62. The lowest BCUT2D eigenvalue weighted by Gasteiger charge is -2.09. The number of ether oxygens (including phenoxy) is 2. The van der Waals surface area contributed by atoms with E-state index in [-0.39, 0.29) is 17.7 Å². The molecule has 0 radical (unpaired) electrons. The van der Waals surface area contributed by atoms with Gasteiger partial charge in [-0.15, -0.1) is 0 Å². The molecule has 0 saturated heterocycles. The van der Waals surface area contributed by atoms with Crippen LogP contribution < -0.4 is 11.1 Å². The Morgan fingerprint density at radius 3 is 2.67 bits per heavy atom. The van der Waals surface area contributed by atoms with E-state index in [0.717, 1.165) is 11.3 Å². The van der Waals surface area contributed by atoms with E-state index in [9.17, 15) is 4.79 Å². The van der Waals surface area contributed by atoms with Gasteiger partial charge in [0.05, 0.1) is 32.1 Å². The molecule has 8 nitrogen and oxygen atoms in total. The van der Waals surface area contributed by atoms with Gasteiger partial charge in [0.15, 0.2) is 11.7 Å². The molecule has 3 N–H and O–H groups in total. The Hall–Kier alpha value is -3.49. The van der Waals surface area contributed by atoms with Gasteiger partial charge in [-0.25, -0.2) is 0 Å². The highest BCUT2D eigenvalue weighted by atomic mass is 16.5. The molecule has 3 rings (SSSR count). The van der Waals surface area contributed by atoms with E-state index in [1.807, 2.05) is 54.6 Å². The lowest BCUT2D eigenvalue weighted by atomic mass is 9.95. The molecule has 0 spiro atoms. The molecule has 0 fully saturated rings. The Bertz CT molecular complexity index is 1050. The molecular weight excluding hydrogens is 420 g/mol. The maximum absolute atomic E-state index is 12.7. The minimum atomic E-state index is 0.0110. The average molecular weight is 451 g/mol. The number of hydrogen-bond acceptors (Lipinski definition) is 6. The third-order valence-electron chi connectivity index (χ3n) is 5.00. The maximum atomic E-state index is 12.7. The van der Waals surface area contributed by atoms with Gasteiger partial charge in [-0.3, -0.25) is 15.1 Å². The number of methoxy groups -OCH3 is 1. The monoisotopic (exact) mass is 450 g/mol. The molecule has 1 atom stereocenters. The summed E-state index contributed by atoms with van der Waals surface area (Å²) >= 11 is 0.